The van der Waals surface area contributed by atoms with Crippen LogP contribution in [0.4, 0.5) is 0 Å². The highest BCUT2D eigenvalue weighted by atomic mass is 35.5. The first-order valence-electron chi connectivity index (χ1n) is 6.57. The molecule has 1 aromatic heterocycles. The van der Waals surface area contributed by atoms with E-state index in [1.807, 2.05) is 26.0 Å². The van der Waals surface area contributed by atoms with Crippen LogP contribution in [0.25, 0.3) is 0 Å². The van der Waals surface area contributed by atoms with Crippen LogP contribution in [0.5, 0.6) is 0 Å². The van der Waals surface area contributed by atoms with E-state index in [-0.39, 0.29) is 36.8 Å². The van der Waals surface area contributed by atoms with Crippen LogP contribution in [0, 0.1) is 13.8 Å². The van der Waals surface area contributed by atoms with E-state index in [9.17, 15) is 4.79 Å². The minimum absolute atomic E-state index is 0. The van der Waals surface area contributed by atoms with Gasteiger partial charge in [0.05, 0.1) is 11.3 Å². The number of nitrogens with two attached hydrogens (primary N) is 1. The fourth-order valence-corrected chi connectivity index (χ4v) is 2.45. The van der Waals surface area contributed by atoms with Gasteiger partial charge >= 0.3 is 0 Å². The molecule has 114 valence electrons. The Morgan fingerprint density at radius 1 is 1.20 bits per heavy atom. The number of amides is 1. The van der Waals surface area contributed by atoms with Gasteiger partial charge in [-0.25, -0.2) is 0 Å². The summed E-state index contributed by atoms with van der Waals surface area (Å²) in [5.74, 6) is -0.0135. The molecule has 0 saturated heterocycles. The minimum Gasteiger partial charge on any atom is -0.349 e. The number of halogens is 2. The van der Waals surface area contributed by atoms with Gasteiger partial charge in [-0.05, 0) is 51.7 Å². The van der Waals surface area contributed by atoms with Gasteiger partial charge in [-0.2, -0.15) is 0 Å². The Kier molecular flexibility index (Phi) is 8.09. The van der Waals surface area contributed by atoms with Gasteiger partial charge in [0, 0.05) is 17.8 Å². The van der Waals surface area contributed by atoms with E-state index in [4.69, 9.17) is 5.73 Å². The van der Waals surface area contributed by atoms with Crippen molar-refractivity contribution >= 4 is 30.7 Å². The summed E-state index contributed by atoms with van der Waals surface area (Å²) < 4.78 is 0. The number of pyridine rings is 1. The molecule has 1 aromatic rings. The van der Waals surface area contributed by atoms with Crippen molar-refractivity contribution in [2.45, 2.75) is 51.6 Å². The molecule has 1 aliphatic carbocycles. The third-order valence-electron chi connectivity index (χ3n) is 3.58. The number of carbonyl (C=O) groups is 1. The highest BCUT2D eigenvalue weighted by Crippen LogP contribution is 2.17. The second kappa shape index (κ2) is 8.45. The molecule has 0 unspecified atom stereocenters. The summed E-state index contributed by atoms with van der Waals surface area (Å²) in [5, 5.41) is 3.08. The molecule has 0 aliphatic heterocycles. The topological polar surface area (TPSA) is 68.0 Å². The predicted molar refractivity (Wildman–Crippen MR) is 85.9 cm³/mol. The van der Waals surface area contributed by atoms with Crippen LogP contribution < -0.4 is 11.1 Å². The molecule has 20 heavy (non-hydrogen) atoms. The summed E-state index contributed by atoms with van der Waals surface area (Å²) >= 11 is 0. The zero-order chi connectivity index (χ0) is 13.1. The number of nitrogens with zero attached hydrogens (tertiary/aromatic N) is 1. The van der Waals surface area contributed by atoms with Crippen LogP contribution in [0.1, 0.15) is 47.4 Å². The molecule has 0 spiro atoms. The van der Waals surface area contributed by atoms with E-state index in [2.05, 4.69) is 10.3 Å². The third-order valence-corrected chi connectivity index (χ3v) is 3.58. The number of hydrogen-bond donors (Lipinski definition) is 2. The first-order valence-corrected chi connectivity index (χ1v) is 6.57. The fraction of sp³-hybridized carbons (Fsp3) is 0.571. The van der Waals surface area contributed by atoms with Crippen LogP contribution in [-0.2, 0) is 0 Å². The summed E-state index contributed by atoms with van der Waals surface area (Å²) in [4.78, 5) is 16.5. The van der Waals surface area contributed by atoms with Crippen molar-refractivity contribution in [1.82, 2.24) is 10.3 Å². The van der Waals surface area contributed by atoms with Crippen LogP contribution >= 0.6 is 24.8 Å². The maximum Gasteiger partial charge on any atom is 0.253 e. The van der Waals surface area contributed by atoms with Gasteiger partial charge in [0.1, 0.15) is 0 Å². The predicted octanol–water partition coefficient (Wildman–Crippen LogP) is 2.54. The van der Waals surface area contributed by atoms with Gasteiger partial charge < -0.3 is 11.1 Å². The van der Waals surface area contributed by atoms with Crippen LogP contribution in [0.2, 0.25) is 0 Å². The Morgan fingerprint density at radius 3 is 2.35 bits per heavy atom. The van der Waals surface area contributed by atoms with E-state index < -0.39 is 0 Å². The van der Waals surface area contributed by atoms with Crippen molar-refractivity contribution in [2.24, 2.45) is 5.73 Å². The molecule has 0 atom stereocenters. The van der Waals surface area contributed by atoms with E-state index in [0.29, 0.717) is 11.6 Å². The Morgan fingerprint density at radius 2 is 1.80 bits per heavy atom. The molecule has 3 N–H and O–H groups in total. The minimum atomic E-state index is -0.0135. The van der Waals surface area contributed by atoms with Crippen LogP contribution in [0.15, 0.2) is 12.1 Å². The van der Waals surface area contributed by atoms with Gasteiger partial charge in [-0.1, -0.05) is 0 Å². The summed E-state index contributed by atoms with van der Waals surface area (Å²) in [6.45, 7) is 3.80. The Balaban J connectivity index is 0.00000180. The summed E-state index contributed by atoms with van der Waals surface area (Å²) in [7, 11) is 0. The Labute approximate surface area is 132 Å². The highest BCUT2D eigenvalue weighted by molar-refractivity contribution is 5.95. The van der Waals surface area contributed by atoms with Gasteiger partial charge in [-0.15, -0.1) is 24.8 Å². The number of rotatable bonds is 2. The molecule has 1 fully saturated rings. The molecule has 2 rings (SSSR count). The third kappa shape index (κ3) is 4.93. The maximum absolute atomic E-state index is 12.1. The zero-order valence-corrected chi connectivity index (χ0v) is 13.5. The smallest absolute Gasteiger partial charge is 0.253 e. The van der Waals surface area contributed by atoms with Crippen molar-refractivity contribution < 1.29 is 4.79 Å². The van der Waals surface area contributed by atoms with E-state index >= 15 is 0 Å². The van der Waals surface area contributed by atoms with E-state index in [0.717, 1.165) is 37.1 Å². The Hall–Kier alpha value is -0.840. The quantitative estimate of drug-likeness (QED) is 0.880. The monoisotopic (exact) mass is 319 g/mol. The lowest BCUT2D eigenvalue weighted by Gasteiger charge is -2.26. The zero-order valence-electron chi connectivity index (χ0n) is 11.9. The number of hydrogen-bond acceptors (Lipinski definition) is 3. The lowest BCUT2D eigenvalue weighted by Crippen LogP contribution is -2.40. The second-order valence-electron chi connectivity index (χ2n) is 5.17. The molecule has 6 heteroatoms. The van der Waals surface area contributed by atoms with Gasteiger partial charge in [0.2, 0.25) is 0 Å². The van der Waals surface area contributed by atoms with Crippen molar-refractivity contribution in [3.05, 3.63) is 29.1 Å². The lowest BCUT2D eigenvalue weighted by atomic mass is 9.91. The average Bonchev–Trinajstić information content (AvgIpc) is 2.32. The number of nitrogens with one attached hydrogen (secondary N) is 1. The molecule has 1 saturated carbocycles. The molecular weight excluding hydrogens is 297 g/mol. The van der Waals surface area contributed by atoms with E-state index in [1.165, 1.54) is 0 Å². The van der Waals surface area contributed by atoms with Gasteiger partial charge in [0.15, 0.2) is 0 Å². The second-order valence-corrected chi connectivity index (χ2v) is 5.17. The van der Waals surface area contributed by atoms with Crippen molar-refractivity contribution in [2.75, 3.05) is 0 Å². The molecule has 1 aliphatic rings. The number of aryl methyl sites for hydroxylation is 2. The SMILES string of the molecule is Cc1ccc(C(=O)NC2CCC(N)CC2)c(C)n1.Cl.Cl. The largest absolute Gasteiger partial charge is 0.349 e. The van der Waals surface area contributed by atoms with Crippen LogP contribution in [-0.4, -0.2) is 23.0 Å². The molecule has 0 radical (unpaired) electrons. The van der Waals surface area contributed by atoms with Gasteiger partial charge in [-0.3, -0.25) is 9.78 Å². The normalized spacial score (nSPS) is 21.4. The first kappa shape index (κ1) is 19.2. The fourth-order valence-electron chi connectivity index (χ4n) is 2.45. The van der Waals surface area contributed by atoms with Crippen LogP contribution in [0.3, 0.4) is 0 Å². The lowest BCUT2D eigenvalue weighted by molar-refractivity contribution is 0.0925. The molecule has 0 aromatic carbocycles. The average molecular weight is 320 g/mol. The first-order chi connectivity index (χ1) is 8.56. The maximum atomic E-state index is 12.1. The van der Waals surface area contributed by atoms with Crippen molar-refractivity contribution in [3.63, 3.8) is 0 Å². The number of aromatic nitrogens is 1. The summed E-state index contributed by atoms with van der Waals surface area (Å²) in [5.41, 5.74) is 8.26. The highest BCUT2D eigenvalue weighted by Gasteiger charge is 2.21. The standard InChI is InChI=1S/C14H21N3O.2ClH/c1-9-3-8-13(10(2)16-9)14(18)17-12-6-4-11(15)5-7-12;;/h3,8,11-12H,4-7,15H2,1-2H3,(H,17,18);2*1H. The molecule has 1 heterocycles. The molecule has 4 nitrogen and oxygen atoms in total. The van der Waals surface area contributed by atoms with Crippen molar-refractivity contribution in [1.29, 1.82) is 0 Å². The summed E-state index contributed by atoms with van der Waals surface area (Å²) in [6.07, 6.45) is 3.95. The molecular formula is C14H23Cl2N3O. The molecule has 0 bridgehead atoms. The number of carbonyl (C=O) groups excluding carboxylic acids is 1. The van der Waals surface area contributed by atoms with Crippen molar-refractivity contribution in [3.8, 4) is 0 Å². The summed E-state index contributed by atoms with van der Waals surface area (Å²) in [6, 6.07) is 4.29. The van der Waals surface area contributed by atoms with Gasteiger partial charge in [0.25, 0.3) is 5.91 Å². The van der Waals surface area contributed by atoms with E-state index in [1.54, 1.807) is 0 Å². The Bertz CT molecular complexity index is 446. The molecule has 1 amide bonds.